The molecule has 1 aliphatic rings. The van der Waals surface area contributed by atoms with Crippen LogP contribution in [0.2, 0.25) is 0 Å². The van der Waals surface area contributed by atoms with Crippen LogP contribution in [0.5, 0.6) is 0 Å². The van der Waals surface area contributed by atoms with Gasteiger partial charge in [-0.05, 0) is 37.9 Å². The van der Waals surface area contributed by atoms with Crippen LogP contribution in [0.15, 0.2) is 30.3 Å². The van der Waals surface area contributed by atoms with E-state index in [4.69, 9.17) is 9.97 Å². The van der Waals surface area contributed by atoms with E-state index in [9.17, 15) is 0 Å². The quantitative estimate of drug-likeness (QED) is 0.655. The fourth-order valence-corrected chi connectivity index (χ4v) is 4.90. The summed E-state index contributed by atoms with van der Waals surface area (Å²) in [6, 6.07) is 10.5. The largest absolute Gasteiger partial charge is 0.353 e. The first-order valence-corrected chi connectivity index (χ1v) is 10.7. The van der Waals surface area contributed by atoms with Gasteiger partial charge in [-0.3, -0.25) is 4.90 Å². The van der Waals surface area contributed by atoms with Gasteiger partial charge < -0.3 is 4.90 Å². The number of benzene rings is 1. The molecule has 2 aromatic heterocycles. The summed E-state index contributed by atoms with van der Waals surface area (Å²) in [5.74, 6) is 2.07. The van der Waals surface area contributed by atoms with E-state index < -0.39 is 0 Å². The Hall–Kier alpha value is -1.98. The molecule has 3 heterocycles. The number of nitrogens with zero attached hydrogens (tertiary/aromatic N) is 4. The zero-order chi connectivity index (χ0) is 18.8. The molecule has 0 aliphatic carbocycles. The summed E-state index contributed by atoms with van der Waals surface area (Å²) in [7, 11) is 0. The Balaban J connectivity index is 1.69. The monoisotopic (exact) mass is 380 g/mol. The molecule has 0 N–H and O–H groups in total. The Morgan fingerprint density at radius 1 is 1.00 bits per heavy atom. The molecular weight excluding hydrogens is 352 g/mol. The van der Waals surface area contributed by atoms with Crippen LogP contribution in [0.4, 0.5) is 5.82 Å². The van der Waals surface area contributed by atoms with Crippen molar-refractivity contribution in [3.63, 3.8) is 0 Å². The summed E-state index contributed by atoms with van der Waals surface area (Å²) < 4.78 is 0. The molecule has 0 unspecified atom stereocenters. The minimum Gasteiger partial charge on any atom is -0.353 e. The van der Waals surface area contributed by atoms with Gasteiger partial charge in [-0.25, -0.2) is 9.97 Å². The van der Waals surface area contributed by atoms with Gasteiger partial charge in [0, 0.05) is 37.5 Å². The van der Waals surface area contributed by atoms with Crippen molar-refractivity contribution in [2.45, 2.75) is 33.6 Å². The van der Waals surface area contributed by atoms with Crippen molar-refractivity contribution in [1.29, 1.82) is 0 Å². The lowest BCUT2D eigenvalue weighted by Gasteiger charge is -2.35. The predicted octanol–water partition coefficient (Wildman–Crippen LogP) is 4.43. The molecule has 0 radical (unpaired) electrons. The van der Waals surface area contributed by atoms with Gasteiger partial charge in [0.15, 0.2) is 0 Å². The van der Waals surface area contributed by atoms with Crippen molar-refractivity contribution in [3.8, 4) is 0 Å². The zero-order valence-corrected chi connectivity index (χ0v) is 17.4. The molecule has 0 atom stereocenters. The van der Waals surface area contributed by atoms with Crippen LogP contribution in [0.1, 0.15) is 35.2 Å². The van der Waals surface area contributed by atoms with Crippen LogP contribution in [0.25, 0.3) is 10.2 Å². The van der Waals surface area contributed by atoms with Crippen molar-refractivity contribution >= 4 is 27.4 Å². The number of aryl methyl sites for hydroxylation is 2. The van der Waals surface area contributed by atoms with Crippen molar-refractivity contribution in [2.24, 2.45) is 0 Å². The van der Waals surface area contributed by atoms with Crippen LogP contribution in [0, 0.1) is 13.8 Å². The minimum atomic E-state index is 0.787. The summed E-state index contributed by atoms with van der Waals surface area (Å²) in [5.41, 5.74) is 2.60. The molecule has 142 valence electrons. The number of fused-ring (bicyclic) bond motifs is 1. The van der Waals surface area contributed by atoms with Crippen molar-refractivity contribution in [2.75, 3.05) is 37.6 Å². The summed E-state index contributed by atoms with van der Waals surface area (Å²) in [6.07, 6.45) is 2.01. The van der Waals surface area contributed by atoms with E-state index in [-0.39, 0.29) is 0 Å². The van der Waals surface area contributed by atoms with Gasteiger partial charge in [-0.2, -0.15) is 0 Å². The van der Waals surface area contributed by atoms with Crippen molar-refractivity contribution in [3.05, 3.63) is 52.2 Å². The van der Waals surface area contributed by atoms with Gasteiger partial charge in [0.05, 0.1) is 5.39 Å². The summed E-state index contributed by atoms with van der Waals surface area (Å²) in [6.45, 7) is 12.2. The third-order valence-corrected chi connectivity index (χ3v) is 6.57. The first-order chi connectivity index (χ1) is 13.2. The standard InChI is InChI=1S/C22H28N4S/c1-4-10-25-11-13-26(14-12-25)21-20-16(2)17(3)27-22(20)24-19(23-21)15-18-8-6-5-7-9-18/h5-9H,4,10-15H2,1-3H3. The van der Waals surface area contributed by atoms with Crippen LogP contribution in [-0.2, 0) is 6.42 Å². The Morgan fingerprint density at radius 3 is 2.44 bits per heavy atom. The van der Waals surface area contributed by atoms with Gasteiger partial charge in [-0.1, -0.05) is 37.3 Å². The van der Waals surface area contributed by atoms with Gasteiger partial charge in [0.25, 0.3) is 0 Å². The van der Waals surface area contributed by atoms with E-state index in [2.05, 4.69) is 60.9 Å². The van der Waals surface area contributed by atoms with Crippen LogP contribution in [0.3, 0.4) is 0 Å². The minimum absolute atomic E-state index is 0.787. The molecule has 1 aromatic carbocycles. The summed E-state index contributed by atoms with van der Waals surface area (Å²) >= 11 is 1.80. The molecule has 1 saturated heterocycles. The van der Waals surface area contributed by atoms with E-state index in [1.807, 2.05) is 0 Å². The van der Waals surface area contributed by atoms with Crippen molar-refractivity contribution < 1.29 is 0 Å². The highest BCUT2D eigenvalue weighted by Crippen LogP contribution is 2.35. The van der Waals surface area contributed by atoms with Crippen LogP contribution < -0.4 is 4.90 Å². The third-order valence-electron chi connectivity index (χ3n) is 5.47. The number of hydrogen-bond donors (Lipinski definition) is 0. The maximum atomic E-state index is 5.07. The second kappa shape index (κ2) is 7.95. The highest BCUT2D eigenvalue weighted by atomic mass is 32.1. The van der Waals surface area contributed by atoms with E-state index in [0.29, 0.717) is 0 Å². The average Bonchev–Trinajstić information content (AvgIpc) is 2.97. The molecular formula is C22H28N4S. The van der Waals surface area contributed by atoms with Crippen LogP contribution >= 0.6 is 11.3 Å². The molecule has 0 amide bonds. The maximum Gasteiger partial charge on any atom is 0.141 e. The number of rotatable bonds is 5. The fraction of sp³-hybridized carbons (Fsp3) is 0.455. The number of hydrogen-bond acceptors (Lipinski definition) is 5. The molecule has 4 nitrogen and oxygen atoms in total. The fourth-order valence-electron chi connectivity index (χ4n) is 3.86. The highest BCUT2D eigenvalue weighted by molar-refractivity contribution is 7.18. The molecule has 0 spiro atoms. The SMILES string of the molecule is CCCN1CCN(c2nc(Cc3ccccc3)nc3sc(C)c(C)c23)CC1. The molecule has 1 fully saturated rings. The first-order valence-electron chi connectivity index (χ1n) is 9.93. The Bertz CT molecular complexity index is 911. The second-order valence-electron chi connectivity index (χ2n) is 7.42. The number of anilines is 1. The topological polar surface area (TPSA) is 32.3 Å². The normalized spacial score (nSPS) is 15.6. The first kappa shape index (κ1) is 18.4. The van der Waals surface area contributed by atoms with E-state index in [1.54, 1.807) is 11.3 Å². The smallest absolute Gasteiger partial charge is 0.141 e. The predicted molar refractivity (Wildman–Crippen MR) is 115 cm³/mol. The molecule has 0 saturated carbocycles. The summed E-state index contributed by atoms with van der Waals surface area (Å²) in [4.78, 5) is 17.5. The second-order valence-corrected chi connectivity index (χ2v) is 8.62. The highest BCUT2D eigenvalue weighted by Gasteiger charge is 2.23. The third kappa shape index (κ3) is 3.85. The molecule has 0 bridgehead atoms. The Labute approximate surface area is 165 Å². The lowest BCUT2D eigenvalue weighted by Crippen LogP contribution is -2.47. The number of thiophene rings is 1. The molecule has 4 rings (SSSR count). The number of piperazine rings is 1. The number of aromatic nitrogens is 2. The van der Waals surface area contributed by atoms with Crippen LogP contribution in [-0.4, -0.2) is 47.6 Å². The van der Waals surface area contributed by atoms with Gasteiger partial charge in [0.2, 0.25) is 0 Å². The lowest BCUT2D eigenvalue weighted by atomic mass is 10.1. The molecule has 1 aliphatic heterocycles. The van der Waals surface area contributed by atoms with Crippen molar-refractivity contribution in [1.82, 2.24) is 14.9 Å². The van der Waals surface area contributed by atoms with Gasteiger partial charge in [0.1, 0.15) is 16.5 Å². The molecule has 27 heavy (non-hydrogen) atoms. The molecule has 5 heteroatoms. The molecule has 3 aromatic rings. The van der Waals surface area contributed by atoms with E-state index in [0.717, 1.165) is 49.1 Å². The maximum absolute atomic E-state index is 5.07. The van der Waals surface area contributed by atoms with Gasteiger partial charge in [-0.15, -0.1) is 11.3 Å². The van der Waals surface area contributed by atoms with E-state index in [1.165, 1.54) is 34.4 Å². The van der Waals surface area contributed by atoms with Gasteiger partial charge >= 0.3 is 0 Å². The van der Waals surface area contributed by atoms with E-state index >= 15 is 0 Å². The lowest BCUT2D eigenvalue weighted by molar-refractivity contribution is 0.258. The zero-order valence-electron chi connectivity index (χ0n) is 16.5. The summed E-state index contributed by atoms with van der Waals surface area (Å²) in [5, 5.41) is 1.26. The Morgan fingerprint density at radius 2 is 1.74 bits per heavy atom. The Kier molecular flexibility index (Phi) is 5.41. The average molecular weight is 381 g/mol.